The lowest BCUT2D eigenvalue weighted by Gasteiger charge is -2.27. The molecule has 0 bridgehead atoms. The summed E-state index contributed by atoms with van der Waals surface area (Å²) in [6.07, 6.45) is 2.55. The van der Waals surface area contributed by atoms with E-state index in [1.165, 1.54) is 12.1 Å². The molecule has 2 N–H and O–H groups in total. The topological polar surface area (TPSA) is 29.3 Å². The van der Waals surface area contributed by atoms with Crippen LogP contribution in [0.4, 0.5) is 14.5 Å². The number of anilines is 1. The molecule has 1 fully saturated rings. The molecule has 19 heavy (non-hydrogen) atoms. The predicted octanol–water partition coefficient (Wildman–Crippen LogP) is 3.09. The van der Waals surface area contributed by atoms with E-state index in [9.17, 15) is 8.78 Å². The normalized spacial score (nSPS) is 15.1. The predicted molar refractivity (Wildman–Crippen MR) is 74.3 cm³/mol. The van der Waals surface area contributed by atoms with Crippen LogP contribution in [-0.2, 0) is 6.42 Å². The van der Waals surface area contributed by atoms with Gasteiger partial charge in [-0.2, -0.15) is 0 Å². The maximum atomic E-state index is 14.2. The van der Waals surface area contributed by atoms with Crippen LogP contribution >= 0.6 is 0 Å². The molecule has 0 unspecified atom stereocenters. The summed E-state index contributed by atoms with van der Waals surface area (Å²) < 4.78 is 28.4. The Morgan fingerprint density at radius 1 is 1.26 bits per heavy atom. The Bertz CT molecular complexity index is 419. The second kappa shape index (κ2) is 5.87. The number of nitrogens with two attached hydrogens (primary N) is 1. The van der Waals surface area contributed by atoms with Crippen LogP contribution in [0.2, 0.25) is 0 Å². The van der Waals surface area contributed by atoms with Gasteiger partial charge in [-0.1, -0.05) is 13.8 Å². The Balaban J connectivity index is 2.31. The van der Waals surface area contributed by atoms with E-state index in [1.54, 1.807) is 0 Å². The molecule has 4 heteroatoms. The first-order chi connectivity index (χ1) is 9.02. The minimum Gasteiger partial charge on any atom is -0.364 e. The molecule has 1 aromatic rings. The lowest BCUT2D eigenvalue weighted by atomic mass is 10.1. The van der Waals surface area contributed by atoms with Gasteiger partial charge in [0.1, 0.15) is 17.3 Å². The largest absolute Gasteiger partial charge is 0.364 e. The Hall–Kier alpha value is -1.16. The van der Waals surface area contributed by atoms with Crippen molar-refractivity contribution in [3.63, 3.8) is 0 Å². The quantitative estimate of drug-likeness (QED) is 0.859. The molecule has 106 valence electrons. The van der Waals surface area contributed by atoms with Gasteiger partial charge in [-0.25, -0.2) is 8.78 Å². The van der Waals surface area contributed by atoms with Gasteiger partial charge in [-0.15, -0.1) is 0 Å². The summed E-state index contributed by atoms with van der Waals surface area (Å²) in [6.45, 7) is 5.22. The lowest BCUT2D eigenvalue weighted by molar-refractivity contribution is 0.543. The number of rotatable bonds is 6. The Kier molecular flexibility index (Phi) is 4.40. The summed E-state index contributed by atoms with van der Waals surface area (Å²) >= 11 is 0. The molecule has 1 saturated carbocycles. The second-order valence-electron chi connectivity index (χ2n) is 5.72. The molecule has 0 aliphatic heterocycles. The zero-order valence-corrected chi connectivity index (χ0v) is 11.6. The van der Waals surface area contributed by atoms with Gasteiger partial charge in [0.2, 0.25) is 0 Å². The van der Waals surface area contributed by atoms with Crippen molar-refractivity contribution >= 4 is 5.69 Å². The van der Waals surface area contributed by atoms with Crippen molar-refractivity contribution in [3.05, 3.63) is 29.3 Å². The zero-order chi connectivity index (χ0) is 14.0. The first kappa shape index (κ1) is 14.3. The van der Waals surface area contributed by atoms with Crippen LogP contribution in [0, 0.1) is 17.6 Å². The molecule has 1 aromatic carbocycles. The van der Waals surface area contributed by atoms with Crippen LogP contribution in [0.25, 0.3) is 0 Å². The van der Waals surface area contributed by atoms with Crippen molar-refractivity contribution in [1.29, 1.82) is 0 Å². The van der Waals surface area contributed by atoms with Gasteiger partial charge in [0, 0.05) is 12.6 Å². The Labute approximate surface area is 113 Å². The third-order valence-electron chi connectivity index (χ3n) is 3.35. The summed E-state index contributed by atoms with van der Waals surface area (Å²) in [5.74, 6) is -0.546. The molecule has 2 rings (SSSR count). The van der Waals surface area contributed by atoms with E-state index >= 15 is 0 Å². The zero-order valence-electron chi connectivity index (χ0n) is 11.6. The average molecular weight is 268 g/mol. The first-order valence-electron chi connectivity index (χ1n) is 6.97. The summed E-state index contributed by atoms with van der Waals surface area (Å²) in [6, 6.07) is 3.13. The molecule has 0 spiro atoms. The highest BCUT2D eigenvalue weighted by Crippen LogP contribution is 2.35. The number of benzene rings is 1. The molecule has 0 heterocycles. The molecule has 1 aliphatic carbocycles. The molecule has 0 aromatic heterocycles. The molecule has 0 radical (unpaired) electrons. The third kappa shape index (κ3) is 3.44. The van der Waals surface area contributed by atoms with Gasteiger partial charge >= 0.3 is 0 Å². The standard InChI is InChI=1S/C15H22F2N2/c1-10(2)9-19(12-3-4-12)15-13(16)7-11(5-6-18)8-14(15)17/h7-8,10,12H,3-6,9,18H2,1-2H3. The monoisotopic (exact) mass is 268 g/mol. The van der Waals surface area contributed by atoms with Crippen molar-refractivity contribution in [1.82, 2.24) is 0 Å². The number of hydrogen-bond donors (Lipinski definition) is 1. The van der Waals surface area contributed by atoms with E-state index in [1.807, 2.05) is 4.90 Å². The highest BCUT2D eigenvalue weighted by atomic mass is 19.1. The fourth-order valence-corrected chi connectivity index (χ4v) is 2.41. The molecule has 2 nitrogen and oxygen atoms in total. The maximum Gasteiger partial charge on any atom is 0.149 e. The van der Waals surface area contributed by atoms with E-state index in [2.05, 4.69) is 13.8 Å². The number of hydrogen-bond acceptors (Lipinski definition) is 2. The van der Waals surface area contributed by atoms with Crippen molar-refractivity contribution in [2.75, 3.05) is 18.0 Å². The minimum atomic E-state index is -0.462. The van der Waals surface area contributed by atoms with Crippen LogP contribution in [0.1, 0.15) is 32.3 Å². The van der Waals surface area contributed by atoms with Gasteiger partial charge in [0.05, 0.1) is 0 Å². The number of nitrogens with zero attached hydrogens (tertiary/aromatic N) is 1. The van der Waals surface area contributed by atoms with Crippen molar-refractivity contribution in [3.8, 4) is 0 Å². The third-order valence-corrected chi connectivity index (χ3v) is 3.35. The lowest BCUT2D eigenvalue weighted by Crippen LogP contribution is -2.31. The van der Waals surface area contributed by atoms with E-state index in [4.69, 9.17) is 5.73 Å². The average Bonchev–Trinajstić information content (AvgIpc) is 3.10. The smallest absolute Gasteiger partial charge is 0.149 e. The summed E-state index contributed by atoms with van der Waals surface area (Å²) in [7, 11) is 0. The van der Waals surface area contributed by atoms with Gasteiger partial charge in [0.15, 0.2) is 0 Å². The first-order valence-corrected chi connectivity index (χ1v) is 6.97. The van der Waals surface area contributed by atoms with E-state index in [-0.39, 0.29) is 5.69 Å². The molecule has 0 atom stereocenters. The minimum absolute atomic E-state index is 0.136. The van der Waals surface area contributed by atoms with Gasteiger partial charge < -0.3 is 10.6 Å². The van der Waals surface area contributed by atoms with Crippen molar-refractivity contribution in [2.45, 2.75) is 39.2 Å². The van der Waals surface area contributed by atoms with Gasteiger partial charge in [0.25, 0.3) is 0 Å². The van der Waals surface area contributed by atoms with Crippen LogP contribution in [0.15, 0.2) is 12.1 Å². The molecular weight excluding hydrogens is 246 g/mol. The molecule has 0 saturated heterocycles. The Morgan fingerprint density at radius 3 is 2.26 bits per heavy atom. The summed E-state index contributed by atoms with van der Waals surface area (Å²) in [4.78, 5) is 1.89. The van der Waals surface area contributed by atoms with Crippen LogP contribution in [-0.4, -0.2) is 19.1 Å². The summed E-state index contributed by atoms with van der Waals surface area (Å²) in [5, 5.41) is 0. The fraction of sp³-hybridized carbons (Fsp3) is 0.600. The van der Waals surface area contributed by atoms with Gasteiger partial charge in [-0.05, 0) is 49.4 Å². The maximum absolute atomic E-state index is 14.2. The van der Waals surface area contributed by atoms with Crippen LogP contribution in [0.3, 0.4) is 0 Å². The van der Waals surface area contributed by atoms with Crippen molar-refractivity contribution in [2.24, 2.45) is 11.7 Å². The molecular formula is C15H22F2N2. The Morgan fingerprint density at radius 2 is 1.84 bits per heavy atom. The van der Waals surface area contributed by atoms with Crippen LogP contribution < -0.4 is 10.6 Å². The van der Waals surface area contributed by atoms with Gasteiger partial charge in [-0.3, -0.25) is 0 Å². The van der Waals surface area contributed by atoms with E-state index in [0.29, 0.717) is 37.0 Å². The highest BCUT2D eigenvalue weighted by Gasteiger charge is 2.32. The summed E-state index contributed by atoms with van der Waals surface area (Å²) in [5.41, 5.74) is 6.19. The van der Waals surface area contributed by atoms with E-state index < -0.39 is 11.6 Å². The molecule has 1 aliphatic rings. The molecule has 0 amide bonds. The van der Waals surface area contributed by atoms with E-state index in [0.717, 1.165) is 12.8 Å². The fourth-order valence-electron chi connectivity index (χ4n) is 2.41. The van der Waals surface area contributed by atoms with Crippen LogP contribution in [0.5, 0.6) is 0 Å². The second-order valence-corrected chi connectivity index (χ2v) is 5.72. The van der Waals surface area contributed by atoms with Crippen molar-refractivity contribution < 1.29 is 8.78 Å². The SMILES string of the molecule is CC(C)CN(c1c(F)cc(CCN)cc1F)C1CC1. The highest BCUT2D eigenvalue weighted by molar-refractivity contribution is 5.52. The number of halogens is 2.